The Morgan fingerprint density at radius 3 is 2.36 bits per heavy atom. The fourth-order valence-electron chi connectivity index (χ4n) is 3.78. The van der Waals surface area contributed by atoms with Crippen molar-refractivity contribution in [3.05, 3.63) is 94.8 Å². The Bertz CT molecular complexity index is 1090. The first-order chi connectivity index (χ1) is 16.0. The Labute approximate surface area is 194 Å². The van der Waals surface area contributed by atoms with Crippen LogP contribution in [0.25, 0.3) is 0 Å². The van der Waals surface area contributed by atoms with Crippen molar-refractivity contribution in [2.75, 3.05) is 0 Å². The van der Waals surface area contributed by atoms with Gasteiger partial charge in [-0.1, -0.05) is 36.4 Å². The van der Waals surface area contributed by atoms with Gasteiger partial charge in [0.15, 0.2) is 0 Å². The highest BCUT2D eigenvalue weighted by Gasteiger charge is 2.29. The number of nitrogens with zero attached hydrogens (tertiary/aromatic N) is 1. The Hall–Kier alpha value is -3.67. The van der Waals surface area contributed by atoms with E-state index in [1.807, 2.05) is 56.3 Å². The molecule has 1 heterocycles. The summed E-state index contributed by atoms with van der Waals surface area (Å²) >= 11 is 0. The Morgan fingerprint density at radius 2 is 1.73 bits per heavy atom. The maximum absolute atomic E-state index is 13.1. The summed E-state index contributed by atoms with van der Waals surface area (Å²) in [7, 11) is 0. The van der Waals surface area contributed by atoms with Gasteiger partial charge in [0, 0.05) is 36.0 Å². The average Bonchev–Trinajstić information content (AvgIpc) is 3.63. The van der Waals surface area contributed by atoms with Crippen molar-refractivity contribution in [2.24, 2.45) is 0 Å². The lowest BCUT2D eigenvalue weighted by atomic mass is 10.0. The standard InChI is InChI=1S/C27H29N3O3/c1-18-13-22(14-19(2)25(18)33-17-21-9-6-12-28-16-21)26(31)30-24(27(32)29-23-10-11-23)15-20-7-4-3-5-8-20/h3-9,12-14,16,23-24H,10-11,15,17H2,1-2H3,(H,29,32)(H,30,31). The maximum Gasteiger partial charge on any atom is 0.251 e. The summed E-state index contributed by atoms with van der Waals surface area (Å²) in [4.78, 5) is 30.0. The molecular weight excluding hydrogens is 414 g/mol. The molecule has 0 saturated heterocycles. The summed E-state index contributed by atoms with van der Waals surface area (Å²) in [5, 5.41) is 5.96. The molecule has 2 N–H and O–H groups in total. The van der Waals surface area contributed by atoms with Crippen molar-refractivity contribution in [1.82, 2.24) is 15.6 Å². The summed E-state index contributed by atoms with van der Waals surface area (Å²) in [6.07, 6.45) is 5.93. The van der Waals surface area contributed by atoms with Gasteiger partial charge in [-0.05, 0) is 61.6 Å². The molecule has 0 bridgehead atoms. The lowest BCUT2D eigenvalue weighted by Gasteiger charge is -2.20. The van der Waals surface area contributed by atoms with Gasteiger partial charge in [-0.3, -0.25) is 14.6 Å². The molecule has 6 heteroatoms. The first-order valence-corrected chi connectivity index (χ1v) is 11.3. The monoisotopic (exact) mass is 443 g/mol. The summed E-state index contributed by atoms with van der Waals surface area (Å²) in [5.41, 5.74) is 4.22. The van der Waals surface area contributed by atoms with Crippen molar-refractivity contribution in [3.8, 4) is 5.75 Å². The van der Waals surface area contributed by atoms with Gasteiger partial charge in [0.2, 0.25) is 5.91 Å². The summed E-state index contributed by atoms with van der Waals surface area (Å²) in [6.45, 7) is 4.24. The molecule has 1 fully saturated rings. The number of hydrogen-bond acceptors (Lipinski definition) is 4. The van der Waals surface area contributed by atoms with Crippen LogP contribution in [0.2, 0.25) is 0 Å². The van der Waals surface area contributed by atoms with E-state index >= 15 is 0 Å². The number of benzene rings is 2. The third kappa shape index (κ3) is 6.19. The molecule has 0 spiro atoms. The van der Waals surface area contributed by atoms with E-state index in [1.54, 1.807) is 24.5 Å². The normalized spacial score (nSPS) is 13.8. The van der Waals surface area contributed by atoms with Gasteiger partial charge in [0.05, 0.1) is 0 Å². The second kappa shape index (κ2) is 10.3. The predicted octanol–water partition coefficient (Wildman–Crippen LogP) is 3.90. The number of rotatable bonds is 9. The van der Waals surface area contributed by atoms with E-state index in [2.05, 4.69) is 15.6 Å². The summed E-state index contributed by atoms with van der Waals surface area (Å²) in [6, 6.07) is 16.8. The van der Waals surface area contributed by atoms with Gasteiger partial charge in [-0.15, -0.1) is 0 Å². The molecule has 33 heavy (non-hydrogen) atoms. The topological polar surface area (TPSA) is 80.3 Å². The molecule has 1 atom stereocenters. The number of carbonyl (C=O) groups is 2. The molecule has 0 aliphatic heterocycles. The molecule has 1 aliphatic carbocycles. The summed E-state index contributed by atoms with van der Waals surface area (Å²) < 4.78 is 6.00. The van der Waals surface area contributed by atoms with Gasteiger partial charge < -0.3 is 15.4 Å². The maximum atomic E-state index is 13.1. The van der Waals surface area contributed by atoms with Crippen LogP contribution in [-0.4, -0.2) is 28.9 Å². The number of aryl methyl sites for hydroxylation is 2. The van der Waals surface area contributed by atoms with Crippen molar-refractivity contribution in [3.63, 3.8) is 0 Å². The average molecular weight is 444 g/mol. The fraction of sp³-hybridized carbons (Fsp3) is 0.296. The van der Waals surface area contributed by atoms with E-state index in [1.165, 1.54) is 0 Å². The molecule has 1 saturated carbocycles. The molecule has 3 aromatic rings. The predicted molar refractivity (Wildman–Crippen MR) is 127 cm³/mol. The SMILES string of the molecule is Cc1cc(C(=O)NC(Cc2ccccc2)C(=O)NC2CC2)cc(C)c1OCc1cccnc1. The number of amides is 2. The van der Waals surface area contributed by atoms with Gasteiger partial charge in [-0.25, -0.2) is 0 Å². The Balaban J connectivity index is 1.47. The minimum atomic E-state index is -0.636. The zero-order valence-corrected chi connectivity index (χ0v) is 19.0. The number of hydrogen-bond donors (Lipinski definition) is 2. The molecular formula is C27H29N3O3. The second-order valence-electron chi connectivity index (χ2n) is 8.59. The molecule has 170 valence electrons. The van der Waals surface area contributed by atoms with Crippen molar-refractivity contribution >= 4 is 11.8 Å². The van der Waals surface area contributed by atoms with Crippen LogP contribution >= 0.6 is 0 Å². The van der Waals surface area contributed by atoms with E-state index in [0.29, 0.717) is 18.6 Å². The molecule has 1 aliphatic rings. The lowest BCUT2D eigenvalue weighted by molar-refractivity contribution is -0.123. The first-order valence-electron chi connectivity index (χ1n) is 11.3. The van der Waals surface area contributed by atoms with Crippen molar-refractivity contribution < 1.29 is 14.3 Å². The van der Waals surface area contributed by atoms with Crippen LogP contribution in [0.4, 0.5) is 0 Å². The van der Waals surface area contributed by atoms with E-state index in [0.717, 1.165) is 40.8 Å². The van der Waals surface area contributed by atoms with Crippen LogP contribution in [0.3, 0.4) is 0 Å². The largest absolute Gasteiger partial charge is 0.488 e. The molecule has 0 radical (unpaired) electrons. The number of nitrogens with one attached hydrogen (secondary N) is 2. The Morgan fingerprint density at radius 1 is 1.03 bits per heavy atom. The van der Waals surface area contributed by atoms with Gasteiger partial charge in [0.25, 0.3) is 5.91 Å². The molecule has 1 unspecified atom stereocenters. The van der Waals surface area contributed by atoms with Crippen LogP contribution < -0.4 is 15.4 Å². The van der Waals surface area contributed by atoms with Gasteiger partial charge in [-0.2, -0.15) is 0 Å². The second-order valence-corrected chi connectivity index (χ2v) is 8.59. The van der Waals surface area contributed by atoms with Crippen molar-refractivity contribution in [1.29, 1.82) is 0 Å². The highest BCUT2D eigenvalue weighted by atomic mass is 16.5. The lowest BCUT2D eigenvalue weighted by Crippen LogP contribution is -2.48. The van der Waals surface area contributed by atoms with E-state index in [-0.39, 0.29) is 17.9 Å². The van der Waals surface area contributed by atoms with Gasteiger partial charge >= 0.3 is 0 Å². The number of carbonyl (C=O) groups excluding carboxylic acids is 2. The smallest absolute Gasteiger partial charge is 0.251 e. The van der Waals surface area contributed by atoms with E-state index in [4.69, 9.17) is 4.74 Å². The molecule has 1 aromatic heterocycles. The van der Waals surface area contributed by atoms with Crippen LogP contribution in [0.15, 0.2) is 67.0 Å². The quantitative estimate of drug-likeness (QED) is 0.526. The molecule has 2 amide bonds. The number of pyridine rings is 1. The van der Waals surface area contributed by atoms with Crippen LogP contribution in [0.1, 0.15) is 45.5 Å². The number of aromatic nitrogens is 1. The number of ether oxygens (including phenoxy) is 1. The molecule has 2 aromatic carbocycles. The third-order valence-corrected chi connectivity index (χ3v) is 5.66. The minimum Gasteiger partial charge on any atom is -0.488 e. The van der Waals surface area contributed by atoms with E-state index < -0.39 is 6.04 Å². The van der Waals surface area contributed by atoms with Crippen LogP contribution in [0.5, 0.6) is 5.75 Å². The highest BCUT2D eigenvalue weighted by molar-refractivity contribution is 5.98. The zero-order chi connectivity index (χ0) is 23.2. The van der Waals surface area contributed by atoms with Crippen molar-refractivity contribution in [2.45, 2.75) is 51.8 Å². The zero-order valence-electron chi connectivity index (χ0n) is 19.0. The highest BCUT2D eigenvalue weighted by Crippen LogP contribution is 2.26. The summed E-state index contributed by atoms with van der Waals surface area (Å²) in [5.74, 6) is 0.342. The van der Waals surface area contributed by atoms with E-state index in [9.17, 15) is 9.59 Å². The molecule has 6 nitrogen and oxygen atoms in total. The minimum absolute atomic E-state index is 0.139. The first kappa shape index (κ1) is 22.5. The Kier molecular flexibility index (Phi) is 7.03. The fourth-order valence-corrected chi connectivity index (χ4v) is 3.78. The molecule has 4 rings (SSSR count). The third-order valence-electron chi connectivity index (χ3n) is 5.66. The van der Waals surface area contributed by atoms with Gasteiger partial charge in [0.1, 0.15) is 18.4 Å². The van der Waals surface area contributed by atoms with Crippen LogP contribution in [-0.2, 0) is 17.8 Å². The van der Waals surface area contributed by atoms with Crippen LogP contribution in [0, 0.1) is 13.8 Å².